The monoisotopic (exact) mass is 348 g/mol. The van der Waals surface area contributed by atoms with Crippen LogP contribution >= 0.6 is 0 Å². The van der Waals surface area contributed by atoms with E-state index in [9.17, 15) is 17.8 Å². The number of sulfonamides is 1. The number of methoxy groups -OCH3 is 1. The summed E-state index contributed by atoms with van der Waals surface area (Å²) in [5.41, 5.74) is 1.43. The van der Waals surface area contributed by atoms with E-state index in [2.05, 4.69) is 0 Å². The first-order chi connectivity index (χ1) is 10.4. The smallest absolute Gasteiger partial charge is 0.266 e. The minimum Gasteiger partial charge on any atom is -0.616 e. The molecule has 2 unspecified atom stereocenters. The van der Waals surface area contributed by atoms with E-state index in [4.69, 9.17) is 9.94 Å². The first-order valence-electron chi connectivity index (χ1n) is 6.35. The van der Waals surface area contributed by atoms with Crippen molar-refractivity contribution in [3.63, 3.8) is 0 Å². The molecule has 0 saturated carbocycles. The number of amides is 1. The maximum atomic E-state index is 12.6. The van der Waals surface area contributed by atoms with Gasteiger partial charge in [0.2, 0.25) is 10.0 Å². The zero-order valence-corrected chi connectivity index (χ0v) is 13.4. The van der Waals surface area contributed by atoms with E-state index in [-0.39, 0.29) is 22.9 Å². The van der Waals surface area contributed by atoms with Crippen LogP contribution in [0.15, 0.2) is 29.2 Å². The topological polar surface area (TPSA) is 119 Å². The van der Waals surface area contributed by atoms with Crippen molar-refractivity contribution in [2.75, 3.05) is 25.2 Å². The van der Waals surface area contributed by atoms with Gasteiger partial charge in [-0.05, 0) is 24.3 Å². The van der Waals surface area contributed by atoms with Gasteiger partial charge in [-0.3, -0.25) is 10.0 Å². The Labute approximate surface area is 131 Å². The van der Waals surface area contributed by atoms with Gasteiger partial charge < -0.3 is 9.29 Å². The fraction of sp³-hybridized carbons (Fsp3) is 0.417. The molecule has 1 aromatic rings. The molecule has 0 bridgehead atoms. The summed E-state index contributed by atoms with van der Waals surface area (Å²) >= 11 is -1.31. The predicted molar refractivity (Wildman–Crippen MR) is 78.5 cm³/mol. The first-order valence-corrected chi connectivity index (χ1v) is 9.27. The molecule has 1 aliphatic heterocycles. The molecule has 1 saturated heterocycles. The molecule has 0 aliphatic carbocycles. The highest BCUT2D eigenvalue weighted by molar-refractivity contribution is 7.92. The van der Waals surface area contributed by atoms with Crippen molar-refractivity contribution in [3.8, 4) is 5.75 Å². The lowest BCUT2D eigenvalue weighted by Crippen LogP contribution is -2.57. The number of hydroxylamine groups is 1. The fourth-order valence-corrected chi connectivity index (χ4v) is 5.19. The summed E-state index contributed by atoms with van der Waals surface area (Å²) in [6.07, 6.45) is 0. The molecular formula is C12H16N2O6S2. The number of benzene rings is 1. The van der Waals surface area contributed by atoms with Gasteiger partial charge in [0.1, 0.15) is 17.3 Å². The average Bonchev–Trinajstić information content (AvgIpc) is 2.53. The summed E-state index contributed by atoms with van der Waals surface area (Å²) in [4.78, 5) is 11.7. The van der Waals surface area contributed by atoms with Crippen LogP contribution in [0.2, 0.25) is 0 Å². The van der Waals surface area contributed by atoms with E-state index in [1.54, 1.807) is 0 Å². The lowest BCUT2D eigenvalue weighted by atomic mass is 10.3. The molecular weight excluding hydrogens is 332 g/mol. The third-order valence-corrected chi connectivity index (χ3v) is 6.56. The SMILES string of the molecule is COc1ccc(S(=O)(=O)N2CC[S+]([O-])CC2C(=O)NO)cc1. The summed E-state index contributed by atoms with van der Waals surface area (Å²) in [7, 11) is -2.48. The van der Waals surface area contributed by atoms with Gasteiger partial charge in [-0.15, -0.1) is 0 Å². The van der Waals surface area contributed by atoms with Gasteiger partial charge in [0.05, 0.1) is 18.6 Å². The molecule has 122 valence electrons. The Hall–Kier alpha value is -1.33. The summed E-state index contributed by atoms with van der Waals surface area (Å²) < 4.78 is 42.8. The molecule has 0 radical (unpaired) electrons. The van der Waals surface area contributed by atoms with Crippen LogP contribution in [0.1, 0.15) is 0 Å². The van der Waals surface area contributed by atoms with E-state index in [0.29, 0.717) is 5.75 Å². The normalized spacial score (nSPS) is 23.0. The average molecular weight is 348 g/mol. The third kappa shape index (κ3) is 3.36. The van der Waals surface area contributed by atoms with Gasteiger partial charge in [0.15, 0.2) is 6.04 Å². The number of nitrogens with one attached hydrogen (secondary N) is 1. The standard InChI is InChI=1S/C12H16N2O6S2/c1-20-9-2-4-10(5-3-9)22(18,19)14-6-7-21(17)8-11(14)12(15)13-16/h2-5,11,16H,6-8H2,1H3,(H,13,15). The quantitative estimate of drug-likeness (QED) is 0.423. The third-order valence-electron chi connectivity index (χ3n) is 3.31. The van der Waals surface area contributed by atoms with Gasteiger partial charge in [-0.1, -0.05) is 11.2 Å². The molecule has 0 spiro atoms. The van der Waals surface area contributed by atoms with Crippen LogP contribution in [-0.4, -0.2) is 59.6 Å². The van der Waals surface area contributed by atoms with E-state index in [1.165, 1.54) is 36.9 Å². The van der Waals surface area contributed by atoms with Crippen molar-refractivity contribution in [1.29, 1.82) is 0 Å². The number of carbonyl (C=O) groups is 1. The van der Waals surface area contributed by atoms with Crippen LogP contribution in [0.3, 0.4) is 0 Å². The predicted octanol–water partition coefficient (Wildman–Crippen LogP) is -0.678. The van der Waals surface area contributed by atoms with E-state index in [1.807, 2.05) is 0 Å². The second kappa shape index (κ2) is 6.84. The highest BCUT2D eigenvalue weighted by Gasteiger charge is 2.42. The Bertz CT molecular complexity index is 634. The number of carbonyl (C=O) groups excluding carboxylic acids is 1. The second-order valence-corrected chi connectivity index (χ2v) is 8.11. The first kappa shape index (κ1) is 17.0. The number of nitrogens with zero attached hydrogens (tertiary/aromatic N) is 1. The van der Waals surface area contributed by atoms with Crippen LogP contribution in [0, 0.1) is 0 Å². The molecule has 2 N–H and O–H groups in total. The van der Waals surface area contributed by atoms with Crippen molar-refractivity contribution in [3.05, 3.63) is 24.3 Å². The van der Waals surface area contributed by atoms with Gasteiger partial charge in [0.25, 0.3) is 5.91 Å². The van der Waals surface area contributed by atoms with E-state index < -0.39 is 33.1 Å². The van der Waals surface area contributed by atoms with E-state index >= 15 is 0 Å². The highest BCUT2D eigenvalue weighted by atomic mass is 32.2. The number of rotatable bonds is 4. The van der Waals surface area contributed by atoms with Crippen molar-refractivity contribution in [1.82, 2.24) is 9.79 Å². The van der Waals surface area contributed by atoms with Crippen LogP contribution in [-0.2, 0) is 26.0 Å². The Balaban J connectivity index is 2.34. The second-order valence-electron chi connectivity index (χ2n) is 4.59. The summed E-state index contributed by atoms with van der Waals surface area (Å²) in [5, 5.41) is 8.76. The Kier molecular flexibility index (Phi) is 5.29. The zero-order valence-electron chi connectivity index (χ0n) is 11.8. The molecule has 8 nitrogen and oxygen atoms in total. The van der Waals surface area contributed by atoms with Gasteiger partial charge >= 0.3 is 0 Å². The minimum atomic E-state index is -3.94. The number of ether oxygens (including phenoxy) is 1. The molecule has 2 rings (SSSR count). The van der Waals surface area contributed by atoms with Crippen molar-refractivity contribution >= 4 is 27.1 Å². The molecule has 22 heavy (non-hydrogen) atoms. The zero-order chi connectivity index (χ0) is 16.3. The lowest BCUT2D eigenvalue weighted by molar-refractivity contribution is -0.132. The van der Waals surface area contributed by atoms with Gasteiger partial charge in [-0.25, -0.2) is 13.9 Å². The molecule has 0 aromatic heterocycles. The maximum Gasteiger partial charge on any atom is 0.266 e. The van der Waals surface area contributed by atoms with Gasteiger partial charge in [-0.2, -0.15) is 4.31 Å². The summed E-state index contributed by atoms with van der Waals surface area (Å²) in [6.45, 7) is -0.0565. The highest BCUT2D eigenvalue weighted by Crippen LogP contribution is 2.24. The molecule has 1 fully saturated rings. The minimum absolute atomic E-state index is 0.00304. The van der Waals surface area contributed by atoms with E-state index in [0.717, 1.165) is 4.31 Å². The Morgan fingerprint density at radius 1 is 1.45 bits per heavy atom. The molecule has 2 atom stereocenters. The van der Waals surface area contributed by atoms with Crippen LogP contribution < -0.4 is 10.2 Å². The van der Waals surface area contributed by atoms with Crippen LogP contribution in [0.5, 0.6) is 5.75 Å². The summed E-state index contributed by atoms with van der Waals surface area (Å²) in [5.74, 6) is -0.402. The molecule has 1 amide bonds. The van der Waals surface area contributed by atoms with Crippen molar-refractivity contribution < 1.29 is 27.7 Å². The van der Waals surface area contributed by atoms with Gasteiger partial charge in [0, 0.05) is 0 Å². The molecule has 1 heterocycles. The summed E-state index contributed by atoms with van der Waals surface area (Å²) in [6, 6.07) is 4.53. The van der Waals surface area contributed by atoms with Crippen LogP contribution in [0.25, 0.3) is 0 Å². The Morgan fingerprint density at radius 3 is 2.64 bits per heavy atom. The largest absolute Gasteiger partial charge is 0.616 e. The van der Waals surface area contributed by atoms with Crippen molar-refractivity contribution in [2.24, 2.45) is 0 Å². The van der Waals surface area contributed by atoms with Crippen molar-refractivity contribution in [2.45, 2.75) is 10.9 Å². The maximum absolute atomic E-state index is 12.6. The molecule has 1 aromatic carbocycles. The number of hydrogen-bond donors (Lipinski definition) is 2. The Morgan fingerprint density at radius 2 is 2.09 bits per heavy atom. The molecule has 10 heteroatoms. The fourth-order valence-electron chi connectivity index (χ4n) is 2.14. The number of hydrogen-bond acceptors (Lipinski definition) is 6. The lowest BCUT2D eigenvalue weighted by Gasteiger charge is -2.33. The van der Waals surface area contributed by atoms with Crippen LogP contribution in [0.4, 0.5) is 0 Å². The molecule has 1 aliphatic rings.